The predicted molar refractivity (Wildman–Crippen MR) is 138 cm³/mol. The van der Waals surface area contributed by atoms with E-state index in [2.05, 4.69) is 17.2 Å². The molecular formula is C24H33ClFN5O3S. The van der Waals surface area contributed by atoms with Gasteiger partial charge in [-0.2, -0.15) is 0 Å². The minimum atomic E-state index is -3.70. The van der Waals surface area contributed by atoms with E-state index in [1.54, 1.807) is 0 Å². The fourth-order valence-corrected chi connectivity index (χ4v) is 4.66. The van der Waals surface area contributed by atoms with Gasteiger partial charge < -0.3 is 16.0 Å². The highest BCUT2D eigenvalue weighted by Crippen LogP contribution is 2.39. The van der Waals surface area contributed by atoms with E-state index in [4.69, 9.17) is 17.3 Å². The van der Waals surface area contributed by atoms with Gasteiger partial charge in [-0.3, -0.25) is 9.10 Å². The first-order valence-corrected chi connectivity index (χ1v) is 13.7. The van der Waals surface area contributed by atoms with Crippen molar-refractivity contribution >= 4 is 39.2 Å². The van der Waals surface area contributed by atoms with Gasteiger partial charge in [0.05, 0.1) is 28.9 Å². The van der Waals surface area contributed by atoms with Crippen LogP contribution < -0.4 is 20.3 Å². The summed E-state index contributed by atoms with van der Waals surface area (Å²) in [6, 6.07) is 9.20. The first-order valence-electron chi connectivity index (χ1n) is 11.4. The third kappa shape index (κ3) is 6.83. The number of hydrogen-bond acceptors (Lipinski definition) is 6. The Hall–Kier alpha value is -2.43. The third-order valence-electron chi connectivity index (χ3n) is 6.45. The van der Waals surface area contributed by atoms with E-state index in [-0.39, 0.29) is 16.4 Å². The summed E-state index contributed by atoms with van der Waals surface area (Å²) in [5, 5.41) is 2.69. The molecule has 0 radical (unpaired) electrons. The molecule has 0 spiro atoms. The number of sulfonamides is 1. The quantitative estimate of drug-likeness (QED) is 0.467. The Kier molecular flexibility index (Phi) is 8.61. The molecule has 3 rings (SSSR count). The first-order chi connectivity index (χ1) is 16.4. The van der Waals surface area contributed by atoms with Crippen LogP contribution in [-0.4, -0.2) is 65.0 Å². The highest BCUT2D eigenvalue weighted by Gasteiger charge is 2.34. The highest BCUT2D eigenvalue weighted by molar-refractivity contribution is 7.92. The van der Waals surface area contributed by atoms with Crippen molar-refractivity contribution in [3.63, 3.8) is 0 Å². The van der Waals surface area contributed by atoms with Crippen molar-refractivity contribution in [1.29, 1.82) is 0 Å². The summed E-state index contributed by atoms with van der Waals surface area (Å²) in [4.78, 5) is 19.7. The third-order valence-corrected chi connectivity index (χ3v) is 7.99. The summed E-state index contributed by atoms with van der Waals surface area (Å²) in [5.74, 6) is 0.885. The molecule has 0 aliphatic heterocycles. The van der Waals surface area contributed by atoms with Crippen molar-refractivity contribution in [2.24, 2.45) is 17.6 Å². The molecule has 1 aliphatic rings. The molecule has 2 unspecified atom stereocenters. The van der Waals surface area contributed by atoms with Gasteiger partial charge in [0.2, 0.25) is 10.0 Å². The zero-order chi connectivity index (χ0) is 25.9. The molecule has 8 nitrogen and oxygen atoms in total. The monoisotopic (exact) mass is 525 g/mol. The average Bonchev–Trinajstić information content (AvgIpc) is 3.51. The van der Waals surface area contributed by atoms with E-state index < -0.39 is 34.7 Å². The molecule has 1 aromatic carbocycles. The summed E-state index contributed by atoms with van der Waals surface area (Å²) in [7, 11) is -0.531. The minimum absolute atomic E-state index is 0.0435. The number of pyridine rings is 1. The number of nitrogens with zero attached hydrogens (tertiary/aromatic N) is 3. The molecule has 1 amide bonds. The van der Waals surface area contributed by atoms with E-state index in [1.807, 2.05) is 42.3 Å². The van der Waals surface area contributed by atoms with Gasteiger partial charge in [0.15, 0.2) is 5.82 Å². The number of nitrogens with one attached hydrogen (secondary N) is 1. The van der Waals surface area contributed by atoms with Crippen LogP contribution in [0.15, 0.2) is 36.4 Å². The van der Waals surface area contributed by atoms with E-state index in [0.717, 1.165) is 22.5 Å². The number of nitrogens with two attached hydrogens (primary N) is 1. The lowest BCUT2D eigenvalue weighted by molar-refractivity contribution is 0.0928. The molecule has 192 valence electrons. The maximum atomic E-state index is 13.5. The molecule has 2 aromatic rings. The Morgan fingerprint density at radius 3 is 2.49 bits per heavy atom. The smallest absolute Gasteiger partial charge is 0.253 e. The number of aromatic nitrogens is 1. The van der Waals surface area contributed by atoms with E-state index in [0.29, 0.717) is 30.6 Å². The zero-order valence-corrected chi connectivity index (χ0v) is 22.0. The van der Waals surface area contributed by atoms with Crippen LogP contribution in [0.25, 0.3) is 0 Å². The molecule has 4 atom stereocenters. The lowest BCUT2D eigenvalue weighted by Gasteiger charge is -2.26. The number of amides is 1. The van der Waals surface area contributed by atoms with Crippen molar-refractivity contribution in [2.45, 2.75) is 31.8 Å². The largest absolute Gasteiger partial charge is 0.359 e. The van der Waals surface area contributed by atoms with E-state index >= 15 is 0 Å². The number of carbonyl (C=O) groups is 1. The number of alkyl halides is 1. The highest BCUT2D eigenvalue weighted by atomic mass is 35.5. The predicted octanol–water partition coefficient (Wildman–Crippen LogP) is 2.86. The van der Waals surface area contributed by atoms with Crippen LogP contribution in [0.3, 0.4) is 0 Å². The topological polar surface area (TPSA) is 109 Å². The minimum Gasteiger partial charge on any atom is -0.359 e. The molecule has 1 aromatic heterocycles. The fourth-order valence-electron chi connectivity index (χ4n) is 3.86. The summed E-state index contributed by atoms with van der Waals surface area (Å²) in [5.41, 5.74) is 6.92. The Morgan fingerprint density at radius 1 is 1.31 bits per heavy atom. The van der Waals surface area contributed by atoms with E-state index in [9.17, 15) is 17.6 Å². The van der Waals surface area contributed by atoms with Crippen LogP contribution in [0.4, 0.5) is 16.0 Å². The maximum Gasteiger partial charge on any atom is 0.253 e. The molecule has 3 N–H and O–H groups in total. The van der Waals surface area contributed by atoms with Crippen molar-refractivity contribution in [2.75, 3.05) is 42.8 Å². The average molecular weight is 526 g/mol. The second-order valence-corrected chi connectivity index (χ2v) is 11.7. The van der Waals surface area contributed by atoms with Crippen LogP contribution in [-0.2, 0) is 16.4 Å². The molecule has 1 fully saturated rings. The van der Waals surface area contributed by atoms with Crippen LogP contribution in [0.2, 0.25) is 5.02 Å². The number of benzene rings is 1. The van der Waals surface area contributed by atoms with Gasteiger partial charge in [-0.1, -0.05) is 48.9 Å². The standard InChI is InChI=1S/C24H33ClFN5O3S/c1-15-10-17(15)14-30(2)21-12-18(22(25)23(29-21)31(3)35(4,33)34)24(32)28-20(19(27)13-26)11-16-8-6-5-7-9-16/h5-9,12,15,17,19-20H,10-11,13-14,27H2,1-4H3,(H,28,32)/t15?,17?,19-,20-/m0/s1. The van der Waals surface area contributed by atoms with Gasteiger partial charge in [-0.15, -0.1) is 0 Å². The number of rotatable bonds is 11. The SMILES string of the molecule is CC1CC1CN(C)c1cc(C(=O)N[C@@H](Cc2ccccc2)[C@@H](N)CF)c(Cl)c(N(C)S(C)(=O)=O)n1. The molecule has 11 heteroatoms. The molecule has 35 heavy (non-hydrogen) atoms. The molecule has 0 bridgehead atoms. The van der Waals surface area contributed by atoms with Crippen molar-refractivity contribution < 1.29 is 17.6 Å². The number of halogens is 2. The summed E-state index contributed by atoms with van der Waals surface area (Å²) in [6.45, 7) is 2.05. The summed E-state index contributed by atoms with van der Waals surface area (Å²) in [6.07, 6.45) is 2.45. The second kappa shape index (κ2) is 11.1. The van der Waals surface area contributed by atoms with Gasteiger partial charge >= 0.3 is 0 Å². The van der Waals surface area contributed by atoms with Crippen molar-refractivity contribution in [3.05, 3.63) is 52.5 Å². The summed E-state index contributed by atoms with van der Waals surface area (Å²) < 4.78 is 38.9. The maximum absolute atomic E-state index is 13.5. The van der Waals surface area contributed by atoms with Crippen LogP contribution >= 0.6 is 11.6 Å². The number of anilines is 2. The zero-order valence-electron chi connectivity index (χ0n) is 20.4. The van der Waals surface area contributed by atoms with Gasteiger partial charge in [0.25, 0.3) is 5.91 Å². The molecular weight excluding hydrogens is 493 g/mol. The molecule has 1 saturated carbocycles. The van der Waals surface area contributed by atoms with Crippen molar-refractivity contribution in [1.82, 2.24) is 10.3 Å². The van der Waals surface area contributed by atoms with Crippen LogP contribution in [0.5, 0.6) is 0 Å². The van der Waals surface area contributed by atoms with Gasteiger partial charge in [0, 0.05) is 20.6 Å². The van der Waals surface area contributed by atoms with Crippen molar-refractivity contribution in [3.8, 4) is 0 Å². The normalized spacial score (nSPS) is 19.1. The Labute approximate surface area is 211 Å². The molecule has 1 aliphatic carbocycles. The molecule has 0 saturated heterocycles. The lowest BCUT2D eigenvalue weighted by atomic mass is 10.00. The Balaban J connectivity index is 1.96. The lowest BCUT2D eigenvalue weighted by Crippen LogP contribution is -2.50. The first kappa shape index (κ1) is 27.2. The van der Waals surface area contributed by atoms with Gasteiger partial charge in [0.1, 0.15) is 12.5 Å². The number of carbonyl (C=O) groups excluding carboxylic acids is 1. The Morgan fingerprint density at radius 2 is 1.94 bits per heavy atom. The number of hydrogen-bond donors (Lipinski definition) is 2. The van der Waals surface area contributed by atoms with Gasteiger partial charge in [-0.05, 0) is 36.3 Å². The fraction of sp³-hybridized carbons (Fsp3) is 0.500. The second-order valence-electron chi connectivity index (χ2n) is 9.34. The van der Waals surface area contributed by atoms with Gasteiger partial charge in [-0.25, -0.2) is 17.8 Å². The van der Waals surface area contributed by atoms with E-state index in [1.165, 1.54) is 13.1 Å². The Bertz CT molecular complexity index is 1150. The molecule has 1 heterocycles. The van der Waals surface area contributed by atoms with Crippen LogP contribution in [0, 0.1) is 11.8 Å². The van der Waals surface area contributed by atoms with Crippen LogP contribution in [0.1, 0.15) is 29.3 Å². The summed E-state index contributed by atoms with van der Waals surface area (Å²) >= 11 is 6.53.